The molecule has 4 aromatic carbocycles. The summed E-state index contributed by atoms with van der Waals surface area (Å²) < 4.78 is 40.6. The van der Waals surface area contributed by atoms with E-state index in [9.17, 15) is 18.0 Å². The number of carbonyl (C=O) groups excluding carboxylic acids is 2. The van der Waals surface area contributed by atoms with Crippen LogP contribution in [0.2, 0.25) is 10.0 Å². The van der Waals surface area contributed by atoms with Gasteiger partial charge in [-0.05, 0) is 60.9 Å². The van der Waals surface area contributed by atoms with E-state index in [-0.39, 0.29) is 35.2 Å². The highest BCUT2D eigenvalue weighted by Crippen LogP contribution is 2.34. The highest BCUT2D eigenvalue weighted by atomic mass is 35.5. The summed E-state index contributed by atoms with van der Waals surface area (Å²) >= 11 is 12.8. The highest BCUT2D eigenvalue weighted by molar-refractivity contribution is 7.92. The van der Waals surface area contributed by atoms with Crippen molar-refractivity contribution in [2.24, 2.45) is 0 Å². The first-order valence-corrected chi connectivity index (χ1v) is 18.0. The molecule has 0 aromatic heterocycles. The average molecular weight is 727 g/mol. The molecule has 4 aromatic rings. The number of methoxy groups -OCH3 is 2. The molecule has 260 valence electrons. The van der Waals surface area contributed by atoms with Gasteiger partial charge in [0.25, 0.3) is 10.0 Å². The second-order valence-electron chi connectivity index (χ2n) is 11.5. The molecule has 0 heterocycles. The van der Waals surface area contributed by atoms with Gasteiger partial charge in [0.1, 0.15) is 12.6 Å². The number of hydrogen-bond donors (Lipinski definition) is 1. The van der Waals surface area contributed by atoms with Crippen molar-refractivity contribution < 1.29 is 27.5 Å². The van der Waals surface area contributed by atoms with Crippen molar-refractivity contribution in [3.63, 3.8) is 0 Å². The van der Waals surface area contributed by atoms with E-state index in [2.05, 4.69) is 5.32 Å². The third-order valence-corrected chi connectivity index (χ3v) is 10.4. The SMILES string of the molecule is CCCCNC(=O)[C@H](Cc1ccccc1)N(Cc1ccc(Cl)cc1Cl)C(=O)CN(c1ccc(OC)c(OC)c1)S(=O)(=O)c1ccc(C)cc1. The maximum atomic E-state index is 14.7. The van der Waals surface area contributed by atoms with Crippen molar-refractivity contribution in [3.8, 4) is 11.5 Å². The topological polar surface area (TPSA) is 105 Å². The number of amides is 2. The van der Waals surface area contributed by atoms with E-state index in [4.69, 9.17) is 32.7 Å². The van der Waals surface area contributed by atoms with Gasteiger partial charge in [-0.2, -0.15) is 0 Å². The molecule has 0 saturated heterocycles. The summed E-state index contributed by atoms with van der Waals surface area (Å²) in [6.45, 7) is 3.57. The molecule has 0 aliphatic carbocycles. The molecule has 0 fully saturated rings. The normalized spacial score (nSPS) is 11.8. The zero-order chi connectivity index (χ0) is 35.6. The fourth-order valence-electron chi connectivity index (χ4n) is 5.24. The van der Waals surface area contributed by atoms with E-state index in [1.54, 1.807) is 42.5 Å². The zero-order valence-electron chi connectivity index (χ0n) is 28.0. The Morgan fingerprint density at radius 2 is 1.57 bits per heavy atom. The van der Waals surface area contributed by atoms with Crippen LogP contribution in [0.5, 0.6) is 11.5 Å². The summed E-state index contributed by atoms with van der Waals surface area (Å²) in [5, 5.41) is 3.69. The fourth-order valence-corrected chi connectivity index (χ4v) is 7.11. The van der Waals surface area contributed by atoms with E-state index < -0.39 is 28.5 Å². The Hall–Kier alpha value is -4.25. The molecule has 49 heavy (non-hydrogen) atoms. The lowest BCUT2D eigenvalue weighted by atomic mass is 10.0. The number of unbranched alkanes of at least 4 members (excludes halogenated alkanes) is 1. The molecule has 1 N–H and O–H groups in total. The molecule has 12 heteroatoms. The summed E-state index contributed by atoms with van der Waals surface area (Å²) in [6, 6.07) is 24.2. The maximum absolute atomic E-state index is 14.7. The van der Waals surface area contributed by atoms with Gasteiger partial charge < -0.3 is 19.7 Å². The first kappa shape index (κ1) is 37.6. The van der Waals surface area contributed by atoms with Gasteiger partial charge >= 0.3 is 0 Å². The minimum Gasteiger partial charge on any atom is -0.493 e. The van der Waals surface area contributed by atoms with Crippen LogP contribution < -0.4 is 19.1 Å². The fraction of sp³-hybridized carbons (Fsp3) is 0.297. The Morgan fingerprint density at radius 1 is 0.878 bits per heavy atom. The first-order valence-electron chi connectivity index (χ1n) is 15.8. The quantitative estimate of drug-likeness (QED) is 0.124. The van der Waals surface area contributed by atoms with Crippen LogP contribution in [0.4, 0.5) is 5.69 Å². The van der Waals surface area contributed by atoms with Crippen molar-refractivity contribution in [2.45, 2.75) is 50.6 Å². The van der Waals surface area contributed by atoms with Gasteiger partial charge in [-0.25, -0.2) is 8.42 Å². The van der Waals surface area contributed by atoms with Gasteiger partial charge in [-0.3, -0.25) is 13.9 Å². The molecule has 2 amide bonds. The molecule has 9 nitrogen and oxygen atoms in total. The van der Waals surface area contributed by atoms with Crippen molar-refractivity contribution in [3.05, 3.63) is 118 Å². The number of nitrogens with zero attached hydrogens (tertiary/aromatic N) is 2. The molecule has 0 aliphatic rings. The number of halogens is 2. The van der Waals surface area contributed by atoms with Crippen LogP contribution in [0.1, 0.15) is 36.5 Å². The van der Waals surface area contributed by atoms with Crippen LogP contribution in [-0.2, 0) is 32.6 Å². The maximum Gasteiger partial charge on any atom is 0.264 e. The molecule has 0 unspecified atom stereocenters. The van der Waals surface area contributed by atoms with Gasteiger partial charge in [0.15, 0.2) is 11.5 Å². The number of anilines is 1. The van der Waals surface area contributed by atoms with Crippen LogP contribution in [0, 0.1) is 6.92 Å². The summed E-state index contributed by atoms with van der Waals surface area (Å²) in [7, 11) is -1.40. The summed E-state index contributed by atoms with van der Waals surface area (Å²) in [6.07, 6.45) is 1.79. The minimum absolute atomic E-state index is 0.00822. The Labute approximate surface area is 298 Å². The van der Waals surface area contributed by atoms with Crippen LogP contribution in [-0.4, -0.2) is 58.5 Å². The lowest BCUT2D eigenvalue weighted by Gasteiger charge is -2.34. The molecule has 0 bridgehead atoms. The van der Waals surface area contributed by atoms with E-state index >= 15 is 0 Å². The standard InChI is InChI=1S/C37H41Cl2N3O6S/c1-5-6-20-40-37(44)33(21-27-10-8-7-9-11-27)41(24-28-14-15-29(38)22-32(28)39)36(43)25-42(30-16-19-34(47-3)35(23-30)48-4)49(45,46)31-17-12-26(2)13-18-31/h7-19,22-23,33H,5-6,20-21,24-25H2,1-4H3,(H,40,44)/t33-/m0/s1. The number of carbonyl (C=O) groups is 2. The monoisotopic (exact) mass is 725 g/mol. The zero-order valence-corrected chi connectivity index (χ0v) is 30.3. The second kappa shape index (κ2) is 17.4. The van der Waals surface area contributed by atoms with Gasteiger partial charge in [-0.1, -0.05) is 90.6 Å². The molecule has 0 aliphatic heterocycles. The van der Waals surface area contributed by atoms with Gasteiger partial charge in [0.05, 0.1) is 24.8 Å². The molecular weight excluding hydrogens is 685 g/mol. The highest BCUT2D eigenvalue weighted by Gasteiger charge is 2.35. The Bertz CT molecular complexity index is 1840. The lowest BCUT2D eigenvalue weighted by molar-refractivity contribution is -0.140. The Balaban J connectivity index is 1.85. The molecule has 4 rings (SSSR count). The molecule has 0 radical (unpaired) electrons. The number of aryl methyl sites for hydroxylation is 1. The Morgan fingerprint density at radius 3 is 2.20 bits per heavy atom. The van der Waals surface area contributed by atoms with E-state index in [0.29, 0.717) is 27.9 Å². The third-order valence-electron chi connectivity index (χ3n) is 8.00. The number of sulfonamides is 1. The smallest absolute Gasteiger partial charge is 0.264 e. The molecular formula is C37H41Cl2N3O6S. The van der Waals surface area contributed by atoms with Crippen molar-refractivity contribution in [1.82, 2.24) is 10.2 Å². The van der Waals surface area contributed by atoms with Gasteiger partial charge in [0.2, 0.25) is 11.8 Å². The number of benzene rings is 4. The first-order chi connectivity index (χ1) is 23.5. The lowest BCUT2D eigenvalue weighted by Crippen LogP contribution is -2.53. The molecule has 0 spiro atoms. The number of nitrogens with one attached hydrogen (secondary N) is 1. The number of rotatable bonds is 16. The minimum atomic E-state index is -4.31. The van der Waals surface area contributed by atoms with E-state index in [0.717, 1.165) is 28.3 Å². The largest absolute Gasteiger partial charge is 0.493 e. The summed E-state index contributed by atoms with van der Waals surface area (Å²) in [5.74, 6) is -0.326. The van der Waals surface area contributed by atoms with Crippen LogP contribution in [0.25, 0.3) is 0 Å². The van der Waals surface area contributed by atoms with Gasteiger partial charge in [-0.15, -0.1) is 0 Å². The van der Waals surface area contributed by atoms with E-state index in [1.807, 2.05) is 44.2 Å². The average Bonchev–Trinajstić information content (AvgIpc) is 3.09. The van der Waals surface area contributed by atoms with Crippen molar-refractivity contribution in [2.75, 3.05) is 31.6 Å². The predicted molar refractivity (Wildman–Crippen MR) is 194 cm³/mol. The van der Waals surface area contributed by atoms with Gasteiger partial charge in [0, 0.05) is 35.6 Å². The van der Waals surface area contributed by atoms with E-state index in [1.165, 1.54) is 37.3 Å². The van der Waals surface area contributed by atoms with Crippen molar-refractivity contribution >= 4 is 50.7 Å². The molecule has 1 atom stereocenters. The Kier molecular flexibility index (Phi) is 13.4. The second-order valence-corrected chi connectivity index (χ2v) is 14.2. The predicted octanol–water partition coefficient (Wildman–Crippen LogP) is 7.07. The summed E-state index contributed by atoms with van der Waals surface area (Å²) in [5.41, 5.74) is 2.40. The molecule has 0 saturated carbocycles. The van der Waals surface area contributed by atoms with Crippen LogP contribution in [0.3, 0.4) is 0 Å². The number of hydrogen-bond acceptors (Lipinski definition) is 6. The van der Waals surface area contributed by atoms with Crippen LogP contribution in [0.15, 0.2) is 95.9 Å². The van der Waals surface area contributed by atoms with Crippen molar-refractivity contribution in [1.29, 1.82) is 0 Å². The number of ether oxygens (including phenoxy) is 2. The third kappa shape index (κ3) is 9.68. The summed E-state index contributed by atoms with van der Waals surface area (Å²) in [4.78, 5) is 30.0. The van der Waals surface area contributed by atoms with Crippen LogP contribution >= 0.6 is 23.2 Å².